The number of esters is 2. The molecule has 2 heterocycles. The second kappa shape index (κ2) is 6.68. The van der Waals surface area contributed by atoms with Crippen LogP contribution in [0.4, 0.5) is 0 Å². The Balaban J connectivity index is 1.75. The van der Waals surface area contributed by atoms with Gasteiger partial charge in [0.1, 0.15) is 5.56 Å². The molecule has 2 fully saturated rings. The molecule has 1 aromatic carbocycles. The molecular weight excluding hydrogens is 344 g/mol. The van der Waals surface area contributed by atoms with Crippen molar-refractivity contribution < 1.29 is 19.1 Å². The quantitative estimate of drug-likeness (QED) is 0.601. The molecule has 0 bridgehead atoms. The van der Waals surface area contributed by atoms with Crippen LogP contribution in [0, 0.1) is 11.3 Å². The van der Waals surface area contributed by atoms with Crippen LogP contribution in [0.15, 0.2) is 48.7 Å². The zero-order valence-corrected chi connectivity index (χ0v) is 15.3. The Morgan fingerprint density at radius 2 is 2.19 bits per heavy atom. The lowest BCUT2D eigenvalue weighted by Crippen LogP contribution is -2.32. The topological polar surface area (TPSA) is 70.4 Å². The number of nitrogens with zero attached hydrogens (tertiary/aromatic N) is 2. The van der Waals surface area contributed by atoms with E-state index in [-0.39, 0.29) is 18.5 Å². The lowest BCUT2D eigenvalue weighted by atomic mass is 9.76. The normalized spacial score (nSPS) is 24.0. The standard InChI is InChI=1S/C21H22N2O4/c1-3-26-19(24)17-12-23(16-7-5-4-6-8-16)22-18(17)11-21-10-14(2)9-15(21)13-27-20(21)25/h4-8,12,15H,2-3,9-11,13H2,1H3. The molecule has 2 atom stereocenters. The molecule has 1 aliphatic heterocycles. The summed E-state index contributed by atoms with van der Waals surface area (Å²) in [6.45, 7) is 6.53. The second-order valence-electron chi connectivity index (χ2n) is 7.25. The van der Waals surface area contributed by atoms with E-state index in [2.05, 4.69) is 11.7 Å². The molecule has 6 nitrogen and oxygen atoms in total. The smallest absolute Gasteiger partial charge is 0.341 e. The van der Waals surface area contributed by atoms with Gasteiger partial charge < -0.3 is 9.47 Å². The summed E-state index contributed by atoms with van der Waals surface area (Å²) in [4.78, 5) is 25.1. The Kier molecular flexibility index (Phi) is 4.34. The lowest BCUT2D eigenvalue weighted by Gasteiger charge is -2.23. The Morgan fingerprint density at radius 3 is 2.93 bits per heavy atom. The molecule has 2 unspecified atom stereocenters. The van der Waals surface area contributed by atoms with Crippen molar-refractivity contribution in [2.75, 3.05) is 13.2 Å². The predicted molar refractivity (Wildman–Crippen MR) is 98.5 cm³/mol. The van der Waals surface area contributed by atoms with Gasteiger partial charge in [0, 0.05) is 18.5 Å². The molecule has 4 rings (SSSR count). The van der Waals surface area contributed by atoms with Crippen molar-refractivity contribution in [2.24, 2.45) is 11.3 Å². The Hall–Kier alpha value is -2.89. The first kappa shape index (κ1) is 17.5. The number of cyclic esters (lactones) is 1. The van der Waals surface area contributed by atoms with Crippen LogP contribution < -0.4 is 0 Å². The van der Waals surface area contributed by atoms with Crippen LogP contribution in [0.2, 0.25) is 0 Å². The maximum absolute atomic E-state index is 12.6. The summed E-state index contributed by atoms with van der Waals surface area (Å²) in [5, 5.41) is 4.64. The van der Waals surface area contributed by atoms with Crippen LogP contribution in [0.5, 0.6) is 0 Å². The Labute approximate surface area is 157 Å². The van der Waals surface area contributed by atoms with Gasteiger partial charge in [-0.15, -0.1) is 0 Å². The van der Waals surface area contributed by atoms with Crippen LogP contribution in [0.1, 0.15) is 35.8 Å². The highest BCUT2D eigenvalue weighted by Crippen LogP contribution is 2.52. The fourth-order valence-electron chi connectivity index (χ4n) is 4.19. The van der Waals surface area contributed by atoms with E-state index in [9.17, 15) is 9.59 Å². The third kappa shape index (κ3) is 2.95. The van der Waals surface area contributed by atoms with Gasteiger partial charge in [-0.3, -0.25) is 4.79 Å². The number of ether oxygens (including phenoxy) is 2. The molecule has 2 aliphatic rings. The van der Waals surface area contributed by atoms with Crippen molar-refractivity contribution in [2.45, 2.75) is 26.2 Å². The number of hydrogen-bond donors (Lipinski definition) is 0. The van der Waals surface area contributed by atoms with Gasteiger partial charge in [0.2, 0.25) is 0 Å². The van der Waals surface area contributed by atoms with Gasteiger partial charge in [-0.25, -0.2) is 9.48 Å². The summed E-state index contributed by atoms with van der Waals surface area (Å²) < 4.78 is 12.2. The first-order valence-electron chi connectivity index (χ1n) is 9.18. The number of para-hydroxylation sites is 1. The minimum absolute atomic E-state index is 0.0921. The van der Waals surface area contributed by atoms with E-state index >= 15 is 0 Å². The first-order chi connectivity index (χ1) is 13.0. The van der Waals surface area contributed by atoms with Gasteiger partial charge >= 0.3 is 11.9 Å². The van der Waals surface area contributed by atoms with E-state index in [1.165, 1.54) is 0 Å². The molecule has 0 N–H and O–H groups in total. The maximum Gasteiger partial charge on any atom is 0.341 e. The largest absolute Gasteiger partial charge is 0.465 e. The molecular formula is C21H22N2O4. The molecule has 1 saturated carbocycles. The average molecular weight is 366 g/mol. The molecule has 6 heteroatoms. The minimum Gasteiger partial charge on any atom is -0.465 e. The van der Waals surface area contributed by atoms with Crippen LogP contribution in [0.3, 0.4) is 0 Å². The maximum atomic E-state index is 12.6. The third-order valence-electron chi connectivity index (χ3n) is 5.49. The number of carbonyl (C=O) groups excluding carboxylic acids is 2. The monoisotopic (exact) mass is 366 g/mol. The molecule has 2 aromatic rings. The molecule has 1 saturated heterocycles. The van der Waals surface area contributed by atoms with Crippen LogP contribution in [0.25, 0.3) is 5.69 Å². The number of allylic oxidation sites excluding steroid dienone is 1. The first-order valence-corrected chi connectivity index (χ1v) is 9.18. The second-order valence-corrected chi connectivity index (χ2v) is 7.25. The summed E-state index contributed by atoms with van der Waals surface area (Å²) in [7, 11) is 0. The van der Waals surface area contributed by atoms with E-state index in [4.69, 9.17) is 9.47 Å². The fourth-order valence-corrected chi connectivity index (χ4v) is 4.19. The zero-order chi connectivity index (χ0) is 19.0. The van der Waals surface area contributed by atoms with E-state index in [1.807, 2.05) is 30.3 Å². The van der Waals surface area contributed by atoms with E-state index in [0.29, 0.717) is 30.7 Å². The summed E-state index contributed by atoms with van der Waals surface area (Å²) in [6.07, 6.45) is 3.39. The molecule has 1 aromatic heterocycles. The van der Waals surface area contributed by atoms with Gasteiger partial charge in [0.25, 0.3) is 0 Å². The van der Waals surface area contributed by atoms with Crippen LogP contribution in [-0.2, 0) is 20.7 Å². The average Bonchev–Trinajstić information content (AvgIpc) is 3.30. The van der Waals surface area contributed by atoms with Gasteiger partial charge in [-0.05, 0) is 31.9 Å². The van der Waals surface area contributed by atoms with E-state index in [0.717, 1.165) is 17.7 Å². The minimum atomic E-state index is -0.672. The van der Waals surface area contributed by atoms with Gasteiger partial charge in [-0.1, -0.05) is 30.4 Å². The zero-order valence-electron chi connectivity index (χ0n) is 15.3. The number of aromatic nitrogens is 2. The van der Waals surface area contributed by atoms with Crippen molar-refractivity contribution in [3.05, 3.63) is 59.9 Å². The molecule has 1 aliphatic carbocycles. The highest BCUT2D eigenvalue weighted by Gasteiger charge is 2.56. The van der Waals surface area contributed by atoms with Crippen LogP contribution in [-0.4, -0.2) is 34.9 Å². The van der Waals surface area contributed by atoms with Crippen molar-refractivity contribution in [1.29, 1.82) is 0 Å². The summed E-state index contributed by atoms with van der Waals surface area (Å²) in [5.41, 5.74) is 2.18. The molecule has 0 spiro atoms. The van der Waals surface area contributed by atoms with Gasteiger partial charge in [0.15, 0.2) is 0 Å². The molecule has 0 amide bonds. The van der Waals surface area contributed by atoms with Crippen molar-refractivity contribution in [3.8, 4) is 5.69 Å². The Bertz CT molecular complexity index is 902. The van der Waals surface area contributed by atoms with Crippen molar-refractivity contribution in [1.82, 2.24) is 9.78 Å². The fraction of sp³-hybridized carbons (Fsp3) is 0.381. The molecule has 140 valence electrons. The lowest BCUT2D eigenvalue weighted by molar-refractivity contribution is -0.146. The molecule has 0 radical (unpaired) electrons. The van der Waals surface area contributed by atoms with Gasteiger partial charge in [0.05, 0.1) is 30.0 Å². The Morgan fingerprint density at radius 1 is 1.41 bits per heavy atom. The SMILES string of the molecule is C=C1CC2COC(=O)C2(Cc2nn(-c3ccccc3)cc2C(=O)OCC)C1. The highest BCUT2D eigenvalue weighted by molar-refractivity contribution is 5.91. The number of carbonyl (C=O) groups is 2. The van der Waals surface area contributed by atoms with Crippen LogP contribution >= 0.6 is 0 Å². The number of hydrogen-bond acceptors (Lipinski definition) is 5. The number of benzene rings is 1. The molecule has 27 heavy (non-hydrogen) atoms. The summed E-state index contributed by atoms with van der Waals surface area (Å²) >= 11 is 0. The number of fused-ring (bicyclic) bond motifs is 1. The van der Waals surface area contributed by atoms with E-state index in [1.54, 1.807) is 17.8 Å². The summed E-state index contributed by atoms with van der Waals surface area (Å²) in [6, 6.07) is 9.56. The number of rotatable bonds is 5. The third-order valence-corrected chi connectivity index (χ3v) is 5.49. The van der Waals surface area contributed by atoms with Crippen molar-refractivity contribution >= 4 is 11.9 Å². The predicted octanol–water partition coefficient (Wildman–Crippen LogP) is 3.10. The highest BCUT2D eigenvalue weighted by atomic mass is 16.5. The van der Waals surface area contributed by atoms with Crippen molar-refractivity contribution in [3.63, 3.8) is 0 Å². The van der Waals surface area contributed by atoms with E-state index < -0.39 is 11.4 Å². The summed E-state index contributed by atoms with van der Waals surface area (Å²) in [5.74, 6) is -0.546. The van der Waals surface area contributed by atoms with Gasteiger partial charge in [-0.2, -0.15) is 5.10 Å².